The predicted molar refractivity (Wildman–Crippen MR) is 85.5 cm³/mol. The molecule has 0 radical (unpaired) electrons. The van der Waals surface area contributed by atoms with E-state index < -0.39 is 0 Å². The summed E-state index contributed by atoms with van der Waals surface area (Å²) in [6.45, 7) is 5.76. The Balaban J connectivity index is 1.67. The summed E-state index contributed by atoms with van der Waals surface area (Å²) < 4.78 is 0. The van der Waals surface area contributed by atoms with E-state index in [4.69, 9.17) is 0 Å². The Hall–Kier alpha value is -1.79. The highest BCUT2D eigenvalue weighted by molar-refractivity contribution is 5.85. The summed E-state index contributed by atoms with van der Waals surface area (Å²) in [5.74, 6) is 1.08. The maximum atomic E-state index is 12.0. The fraction of sp³-hybridized carbons (Fsp3) is 0.800. The second kappa shape index (κ2) is 8.60. The molecule has 0 aromatic heterocycles. The minimum absolute atomic E-state index is 0.0803. The van der Waals surface area contributed by atoms with Gasteiger partial charge in [-0.05, 0) is 32.6 Å². The smallest absolute Gasteiger partial charge is 0.244 e. The average molecular weight is 309 g/mol. The number of carbonyl (C=O) groups is 2. The van der Waals surface area contributed by atoms with Gasteiger partial charge in [0.05, 0.1) is 0 Å². The van der Waals surface area contributed by atoms with Crippen molar-refractivity contribution in [2.24, 2.45) is 10.9 Å². The summed E-state index contributed by atoms with van der Waals surface area (Å²) in [7, 11) is 0. The maximum absolute atomic E-state index is 12.0. The Morgan fingerprint density at radius 1 is 1.09 bits per heavy atom. The fourth-order valence-electron chi connectivity index (χ4n) is 2.41. The van der Waals surface area contributed by atoms with Gasteiger partial charge in [-0.3, -0.25) is 9.59 Å². The molecule has 22 heavy (non-hydrogen) atoms. The van der Waals surface area contributed by atoms with Gasteiger partial charge in [0.1, 0.15) is 6.54 Å². The third-order valence-corrected chi connectivity index (χ3v) is 3.84. The molecule has 1 heterocycles. The maximum Gasteiger partial charge on any atom is 0.244 e. The molecule has 0 bridgehead atoms. The molecule has 2 rings (SSSR count). The Labute approximate surface area is 131 Å². The summed E-state index contributed by atoms with van der Waals surface area (Å²) in [6.07, 6.45) is 4.22. The summed E-state index contributed by atoms with van der Waals surface area (Å²) in [5.41, 5.74) is 0. The second-order valence-corrected chi connectivity index (χ2v) is 5.78. The van der Waals surface area contributed by atoms with Crippen molar-refractivity contribution in [2.75, 3.05) is 39.3 Å². The Kier molecular flexibility index (Phi) is 6.48. The SMILES string of the molecule is CCNC(=NCC(=O)N1CCCC1)NCCNC(=O)C1CC1. The first-order valence-electron chi connectivity index (χ1n) is 8.28. The van der Waals surface area contributed by atoms with Gasteiger partial charge >= 0.3 is 0 Å². The number of rotatable bonds is 7. The number of likely N-dealkylation sites (tertiary alicyclic amines) is 1. The van der Waals surface area contributed by atoms with Crippen LogP contribution in [-0.4, -0.2) is 61.9 Å². The molecule has 0 atom stereocenters. The summed E-state index contributed by atoms with van der Waals surface area (Å²) in [4.78, 5) is 29.6. The molecule has 0 spiro atoms. The minimum atomic E-state index is 0.0803. The lowest BCUT2D eigenvalue weighted by Crippen LogP contribution is -2.42. The predicted octanol–water partition coefficient (Wildman–Crippen LogP) is -0.310. The first-order chi connectivity index (χ1) is 10.7. The van der Waals surface area contributed by atoms with Crippen molar-refractivity contribution in [2.45, 2.75) is 32.6 Å². The van der Waals surface area contributed by atoms with Gasteiger partial charge in [0.2, 0.25) is 11.8 Å². The zero-order valence-corrected chi connectivity index (χ0v) is 13.4. The molecule has 2 fully saturated rings. The summed E-state index contributed by atoms with van der Waals surface area (Å²) in [5, 5.41) is 9.13. The molecule has 124 valence electrons. The Morgan fingerprint density at radius 2 is 1.77 bits per heavy atom. The number of amides is 2. The van der Waals surface area contributed by atoms with Crippen molar-refractivity contribution in [1.29, 1.82) is 0 Å². The van der Waals surface area contributed by atoms with E-state index in [0.29, 0.717) is 19.0 Å². The average Bonchev–Trinajstić information content (AvgIpc) is 3.23. The third kappa shape index (κ3) is 5.54. The van der Waals surface area contributed by atoms with Gasteiger partial charge in [0, 0.05) is 38.6 Å². The normalized spacial score (nSPS) is 18.2. The lowest BCUT2D eigenvalue weighted by Gasteiger charge is -2.15. The molecule has 3 N–H and O–H groups in total. The molecule has 2 amide bonds. The van der Waals surface area contributed by atoms with E-state index in [0.717, 1.165) is 45.3 Å². The largest absolute Gasteiger partial charge is 0.357 e. The van der Waals surface area contributed by atoms with Crippen LogP contribution in [0.3, 0.4) is 0 Å². The van der Waals surface area contributed by atoms with Crippen LogP contribution in [0.1, 0.15) is 32.6 Å². The number of nitrogens with zero attached hydrogens (tertiary/aromatic N) is 2. The monoisotopic (exact) mass is 309 g/mol. The molecule has 0 aromatic carbocycles. The van der Waals surface area contributed by atoms with Crippen molar-refractivity contribution in [3.05, 3.63) is 0 Å². The summed E-state index contributed by atoms with van der Waals surface area (Å²) >= 11 is 0. The lowest BCUT2D eigenvalue weighted by atomic mass is 10.4. The fourth-order valence-corrected chi connectivity index (χ4v) is 2.41. The van der Waals surface area contributed by atoms with Crippen molar-refractivity contribution in [3.63, 3.8) is 0 Å². The van der Waals surface area contributed by atoms with Crippen LogP contribution in [0.4, 0.5) is 0 Å². The number of guanidine groups is 1. The molecule has 1 saturated heterocycles. The molecule has 1 aliphatic heterocycles. The van der Waals surface area contributed by atoms with Gasteiger partial charge in [-0.15, -0.1) is 0 Å². The van der Waals surface area contributed by atoms with Crippen LogP contribution < -0.4 is 16.0 Å². The van der Waals surface area contributed by atoms with E-state index in [-0.39, 0.29) is 24.3 Å². The molecule has 7 nitrogen and oxygen atoms in total. The van der Waals surface area contributed by atoms with Crippen molar-refractivity contribution in [3.8, 4) is 0 Å². The van der Waals surface area contributed by atoms with Crippen LogP contribution in [0.5, 0.6) is 0 Å². The number of hydrogen-bond donors (Lipinski definition) is 3. The van der Waals surface area contributed by atoms with Gasteiger partial charge in [0.15, 0.2) is 5.96 Å². The lowest BCUT2D eigenvalue weighted by molar-refractivity contribution is -0.128. The number of nitrogens with one attached hydrogen (secondary N) is 3. The quantitative estimate of drug-likeness (QED) is 0.342. The zero-order chi connectivity index (χ0) is 15.8. The van der Waals surface area contributed by atoms with Gasteiger partial charge in [-0.2, -0.15) is 0 Å². The molecule has 0 aromatic rings. The Morgan fingerprint density at radius 3 is 2.41 bits per heavy atom. The van der Waals surface area contributed by atoms with E-state index in [2.05, 4.69) is 20.9 Å². The number of carbonyl (C=O) groups excluding carboxylic acids is 2. The van der Waals surface area contributed by atoms with Crippen LogP contribution >= 0.6 is 0 Å². The highest BCUT2D eigenvalue weighted by Gasteiger charge is 2.28. The topological polar surface area (TPSA) is 85.8 Å². The third-order valence-electron chi connectivity index (χ3n) is 3.84. The minimum Gasteiger partial charge on any atom is -0.357 e. The van der Waals surface area contributed by atoms with Gasteiger partial charge in [-0.25, -0.2) is 4.99 Å². The van der Waals surface area contributed by atoms with Crippen LogP contribution in [0.2, 0.25) is 0 Å². The molecule has 1 saturated carbocycles. The van der Waals surface area contributed by atoms with E-state index in [1.54, 1.807) is 0 Å². The molecular formula is C15H27N5O2. The van der Waals surface area contributed by atoms with E-state index in [1.807, 2.05) is 11.8 Å². The Bertz CT molecular complexity index is 414. The molecule has 1 aliphatic carbocycles. The first kappa shape index (κ1) is 16.6. The number of aliphatic imine (C=N–C) groups is 1. The van der Waals surface area contributed by atoms with E-state index in [1.165, 1.54) is 0 Å². The molecule has 7 heteroatoms. The second-order valence-electron chi connectivity index (χ2n) is 5.78. The van der Waals surface area contributed by atoms with Gasteiger partial charge in [0.25, 0.3) is 0 Å². The van der Waals surface area contributed by atoms with Gasteiger partial charge < -0.3 is 20.9 Å². The highest BCUT2D eigenvalue weighted by atomic mass is 16.2. The number of hydrogen-bond acceptors (Lipinski definition) is 3. The molecule has 0 unspecified atom stereocenters. The first-order valence-corrected chi connectivity index (χ1v) is 8.28. The van der Waals surface area contributed by atoms with Crippen molar-refractivity contribution >= 4 is 17.8 Å². The highest BCUT2D eigenvalue weighted by Crippen LogP contribution is 2.28. The standard InChI is InChI=1S/C15H27N5O2/c1-2-16-15(18-8-7-17-14(22)12-5-6-12)19-11-13(21)20-9-3-4-10-20/h12H,2-11H2,1H3,(H,17,22)(H2,16,18,19). The van der Waals surface area contributed by atoms with Crippen LogP contribution in [-0.2, 0) is 9.59 Å². The van der Waals surface area contributed by atoms with Crippen LogP contribution in [0.25, 0.3) is 0 Å². The molecule has 2 aliphatic rings. The van der Waals surface area contributed by atoms with E-state index >= 15 is 0 Å². The molecular weight excluding hydrogens is 282 g/mol. The van der Waals surface area contributed by atoms with Crippen LogP contribution in [0.15, 0.2) is 4.99 Å². The van der Waals surface area contributed by atoms with E-state index in [9.17, 15) is 9.59 Å². The van der Waals surface area contributed by atoms with Crippen molar-refractivity contribution < 1.29 is 9.59 Å². The van der Waals surface area contributed by atoms with Crippen LogP contribution in [0, 0.1) is 5.92 Å². The van der Waals surface area contributed by atoms with Crippen molar-refractivity contribution in [1.82, 2.24) is 20.9 Å². The zero-order valence-electron chi connectivity index (χ0n) is 13.4. The van der Waals surface area contributed by atoms with Gasteiger partial charge in [-0.1, -0.05) is 0 Å². The summed E-state index contributed by atoms with van der Waals surface area (Å²) in [6, 6.07) is 0.